The van der Waals surface area contributed by atoms with Crippen molar-refractivity contribution in [2.45, 2.75) is 18.9 Å². The Balaban J connectivity index is 2.63. The third kappa shape index (κ3) is 3.71. The van der Waals surface area contributed by atoms with Gasteiger partial charge in [0.2, 0.25) is 0 Å². The first-order valence-electron chi connectivity index (χ1n) is 5.31. The molecule has 0 saturated heterocycles. The number of hydrogen-bond donors (Lipinski definition) is 2. The molecule has 0 aromatic heterocycles. The minimum absolute atomic E-state index is 0.192. The van der Waals surface area contributed by atoms with Crippen molar-refractivity contribution in [3.8, 4) is 5.75 Å². The Hall–Kier alpha value is -1.62. The van der Waals surface area contributed by atoms with Gasteiger partial charge in [-0.3, -0.25) is 4.79 Å². The highest BCUT2D eigenvalue weighted by Gasteiger charge is 2.14. The molecule has 1 aromatic rings. The SMILES string of the molecule is CNC(CCc1ccc(OC)c(F)c1)C(=O)O. The van der Waals surface area contributed by atoms with Crippen LogP contribution in [0.15, 0.2) is 18.2 Å². The summed E-state index contributed by atoms with van der Waals surface area (Å²) in [6, 6.07) is 4.03. The maximum atomic E-state index is 13.4. The summed E-state index contributed by atoms with van der Waals surface area (Å²) in [7, 11) is 2.99. The Morgan fingerprint density at radius 3 is 2.76 bits per heavy atom. The number of likely N-dealkylation sites (N-methyl/N-ethyl adjacent to an activating group) is 1. The van der Waals surface area contributed by atoms with Crippen LogP contribution in [-0.4, -0.2) is 31.3 Å². The molecule has 0 aliphatic carbocycles. The normalized spacial score (nSPS) is 12.2. The zero-order chi connectivity index (χ0) is 12.8. The van der Waals surface area contributed by atoms with Gasteiger partial charge in [-0.05, 0) is 37.6 Å². The maximum absolute atomic E-state index is 13.4. The number of hydrogen-bond acceptors (Lipinski definition) is 3. The largest absolute Gasteiger partial charge is 0.494 e. The molecule has 94 valence electrons. The molecule has 0 radical (unpaired) electrons. The van der Waals surface area contributed by atoms with Crippen molar-refractivity contribution in [1.29, 1.82) is 0 Å². The standard InChI is InChI=1S/C12H16FNO3/c1-14-10(12(15)16)5-3-8-4-6-11(17-2)9(13)7-8/h4,6-7,10,14H,3,5H2,1-2H3,(H,15,16). The second-order valence-electron chi connectivity index (χ2n) is 3.69. The molecule has 0 fully saturated rings. The van der Waals surface area contributed by atoms with Crippen LogP contribution in [0.3, 0.4) is 0 Å². The van der Waals surface area contributed by atoms with Gasteiger partial charge in [-0.15, -0.1) is 0 Å². The van der Waals surface area contributed by atoms with Gasteiger partial charge in [0.05, 0.1) is 7.11 Å². The highest BCUT2D eigenvalue weighted by Crippen LogP contribution is 2.18. The van der Waals surface area contributed by atoms with E-state index in [0.717, 1.165) is 5.56 Å². The summed E-state index contributed by atoms with van der Waals surface area (Å²) >= 11 is 0. The predicted octanol–water partition coefficient (Wildman–Crippen LogP) is 1.44. The van der Waals surface area contributed by atoms with E-state index in [4.69, 9.17) is 9.84 Å². The summed E-state index contributed by atoms with van der Waals surface area (Å²) in [6.45, 7) is 0. The number of benzene rings is 1. The fourth-order valence-corrected chi connectivity index (χ4v) is 1.57. The fraction of sp³-hybridized carbons (Fsp3) is 0.417. The second-order valence-corrected chi connectivity index (χ2v) is 3.69. The van der Waals surface area contributed by atoms with E-state index in [-0.39, 0.29) is 5.75 Å². The summed E-state index contributed by atoms with van der Waals surface area (Å²) < 4.78 is 18.2. The minimum Gasteiger partial charge on any atom is -0.494 e. The molecule has 2 N–H and O–H groups in total. The molecule has 17 heavy (non-hydrogen) atoms. The molecule has 0 amide bonds. The molecule has 0 heterocycles. The zero-order valence-corrected chi connectivity index (χ0v) is 9.87. The molecule has 5 heteroatoms. The van der Waals surface area contributed by atoms with E-state index < -0.39 is 17.8 Å². The Morgan fingerprint density at radius 2 is 2.29 bits per heavy atom. The van der Waals surface area contributed by atoms with Gasteiger partial charge >= 0.3 is 5.97 Å². The van der Waals surface area contributed by atoms with E-state index in [9.17, 15) is 9.18 Å². The first kappa shape index (κ1) is 13.4. The number of carboxylic acid groups (broad SMARTS) is 1. The zero-order valence-electron chi connectivity index (χ0n) is 9.87. The molecule has 0 bridgehead atoms. The van der Waals surface area contributed by atoms with E-state index in [1.54, 1.807) is 19.2 Å². The lowest BCUT2D eigenvalue weighted by Crippen LogP contribution is -2.34. The van der Waals surface area contributed by atoms with E-state index in [1.165, 1.54) is 13.2 Å². The number of halogens is 1. The summed E-state index contributed by atoms with van der Waals surface area (Å²) in [5.41, 5.74) is 0.754. The summed E-state index contributed by atoms with van der Waals surface area (Å²) in [5, 5.41) is 11.5. The highest BCUT2D eigenvalue weighted by atomic mass is 19.1. The van der Waals surface area contributed by atoms with Crippen molar-refractivity contribution >= 4 is 5.97 Å². The van der Waals surface area contributed by atoms with Crippen molar-refractivity contribution in [3.05, 3.63) is 29.6 Å². The van der Waals surface area contributed by atoms with Gasteiger partial charge in [-0.1, -0.05) is 6.07 Å². The number of methoxy groups -OCH3 is 1. The lowest BCUT2D eigenvalue weighted by Gasteiger charge is -2.11. The van der Waals surface area contributed by atoms with Crippen LogP contribution in [0, 0.1) is 5.82 Å². The summed E-state index contributed by atoms with van der Waals surface area (Å²) in [5.74, 6) is -1.14. The second kappa shape index (κ2) is 6.20. The van der Waals surface area contributed by atoms with Gasteiger partial charge in [0.1, 0.15) is 6.04 Å². The summed E-state index contributed by atoms with van der Waals surface area (Å²) in [4.78, 5) is 10.8. The van der Waals surface area contributed by atoms with Gasteiger partial charge in [0, 0.05) is 0 Å². The number of aliphatic carboxylic acids is 1. The van der Waals surface area contributed by atoms with Crippen LogP contribution in [0.1, 0.15) is 12.0 Å². The van der Waals surface area contributed by atoms with Crippen LogP contribution in [0.5, 0.6) is 5.75 Å². The van der Waals surface area contributed by atoms with Crippen molar-refractivity contribution in [2.75, 3.05) is 14.2 Å². The van der Waals surface area contributed by atoms with E-state index in [2.05, 4.69) is 5.32 Å². The molecule has 0 aliphatic rings. The Morgan fingerprint density at radius 1 is 1.59 bits per heavy atom. The molecule has 0 aliphatic heterocycles. The van der Waals surface area contributed by atoms with E-state index >= 15 is 0 Å². The molecule has 4 nitrogen and oxygen atoms in total. The molecule has 0 spiro atoms. The lowest BCUT2D eigenvalue weighted by atomic mass is 10.1. The molecule has 1 aromatic carbocycles. The van der Waals surface area contributed by atoms with Crippen molar-refractivity contribution in [3.63, 3.8) is 0 Å². The number of rotatable bonds is 6. The van der Waals surface area contributed by atoms with Gasteiger partial charge in [0.15, 0.2) is 11.6 Å². The van der Waals surface area contributed by atoms with E-state index in [1.807, 2.05) is 0 Å². The number of aryl methyl sites for hydroxylation is 1. The number of ether oxygens (including phenoxy) is 1. The number of carboxylic acids is 1. The average molecular weight is 241 g/mol. The molecule has 1 rings (SSSR count). The van der Waals surface area contributed by atoms with Crippen molar-refractivity contribution < 1.29 is 19.0 Å². The van der Waals surface area contributed by atoms with Crippen LogP contribution in [0.4, 0.5) is 4.39 Å². The van der Waals surface area contributed by atoms with Crippen LogP contribution < -0.4 is 10.1 Å². The third-order valence-corrected chi connectivity index (χ3v) is 2.58. The quantitative estimate of drug-likeness (QED) is 0.791. The van der Waals surface area contributed by atoms with Gasteiger partial charge in [-0.2, -0.15) is 0 Å². The summed E-state index contributed by atoms with van der Waals surface area (Å²) in [6.07, 6.45) is 0.913. The van der Waals surface area contributed by atoms with Gasteiger partial charge in [-0.25, -0.2) is 4.39 Å². The Bertz CT molecular complexity index is 395. The predicted molar refractivity (Wildman–Crippen MR) is 61.8 cm³/mol. The monoisotopic (exact) mass is 241 g/mol. The number of carbonyl (C=O) groups is 1. The fourth-order valence-electron chi connectivity index (χ4n) is 1.57. The smallest absolute Gasteiger partial charge is 0.320 e. The van der Waals surface area contributed by atoms with Crippen LogP contribution in [-0.2, 0) is 11.2 Å². The van der Waals surface area contributed by atoms with Gasteiger partial charge < -0.3 is 15.2 Å². The molecule has 1 unspecified atom stereocenters. The highest BCUT2D eigenvalue weighted by molar-refractivity contribution is 5.73. The van der Waals surface area contributed by atoms with Crippen LogP contribution in [0.25, 0.3) is 0 Å². The van der Waals surface area contributed by atoms with E-state index in [0.29, 0.717) is 12.8 Å². The van der Waals surface area contributed by atoms with Crippen LogP contribution >= 0.6 is 0 Å². The van der Waals surface area contributed by atoms with Gasteiger partial charge in [0.25, 0.3) is 0 Å². The van der Waals surface area contributed by atoms with Crippen molar-refractivity contribution in [2.24, 2.45) is 0 Å². The molecular weight excluding hydrogens is 225 g/mol. The molecule has 0 saturated carbocycles. The molecule has 1 atom stereocenters. The minimum atomic E-state index is -0.901. The Kier molecular flexibility index (Phi) is 4.90. The number of nitrogens with one attached hydrogen (secondary N) is 1. The average Bonchev–Trinajstić information content (AvgIpc) is 2.29. The molecular formula is C12H16FNO3. The first-order valence-corrected chi connectivity index (χ1v) is 5.31. The maximum Gasteiger partial charge on any atom is 0.320 e. The first-order chi connectivity index (χ1) is 8.08. The topological polar surface area (TPSA) is 58.6 Å². The van der Waals surface area contributed by atoms with Crippen LogP contribution in [0.2, 0.25) is 0 Å². The third-order valence-electron chi connectivity index (χ3n) is 2.58. The Labute approximate surface area is 99.4 Å². The lowest BCUT2D eigenvalue weighted by molar-refractivity contribution is -0.139. The van der Waals surface area contributed by atoms with Crippen molar-refractivity contribution in [1.82, 2.24) is 5.32 Å².